The Labute approximate surface area is 127 Å². The molecule has 2 nitrogen and oxygen atoms in total. The second kappa shape index (κ2) is 6.40. The van der Waals surface area contributed by atoms with E-state index < -0.39 is 0 Å². The zero-order valence-corrected chi connectivity index (χ0v) is 14.0. The minimum Gasteiger partial charge on any atom is -0.377 e. The van der Waals surface area contributed by atoms with Gasteiger partial charge in [-0.1, -0.05) is 58.2 Å². The highest BCUT2D eigenvalue weighted by Gasteiger charge is 2.51. The lowest BCUT2D eigenvalue weighted by molar-refractivity contribution is -0.173. The van der Waals surface area contributed by atoms with Gasteiger partial charge in [-0.2, -0.15) is 0 Å². The average molecular weight is 277 g/mol. The molecular weight excluding hydrogens is 245 g/mol. The summed E-state index contributed by atoms with van der Waals surface area (Å²) in [5.41, 5.74) is 0.287. The molecule has 1 aliphatic carbocycles. The van der Waals surface area contributed by atoms with Crippen molar-refractivity contribution in [1.82, 2.24) is 4.90 Å². The highest BCUT2D eigenvalue weighted by atomic mass is 16.5. The van der Waals surface area contributed by atoms with Crippen molar-refractivity contribution in [2.75, 3.05) is 26.8 Å². The van der Waals surface area contributed by atoms with E-state index in [4.69, 9.17) is 12.6 Å². The zero-order valence-electron chi connectivity index (χ0n) is 14.0. The Bertz CT molecular complexity index is 314. The van der Waals surface area contributed by atoms with E-state index in [2.05, 4.69) is 32.7 Å². The second-order valence-electron chi connectivity index (χ2n) is 7.52. The summed E-state index contributed by atoms with van der Waals surface area (Å²) in [6.45, 7) is 9.78. The van der Waals surface area contributed by atoms with Gasteiger partial charge in [0.25, 0.3) is 0 Å². The van der Waals surface area contributed by atoms with Gasteiger partial charge in [-0.05, 0) is 31.8 Å². The number of nitrogens with zero attached hydrogens (tertiary/aromatic N) is 1. The lowest BCUT2D eigenvalue weighted by atomic mass is 9.61. The minimum absolute atomic E-state index is 0.0329. The molecule has 0 bridgehead atoms. The van der Waals surface area contributed by atoms with Gasteiger partial charge >= 0.3 is 0 Å². The molecule has 0 amide bonds. The lowest BCUT2D eigenvalue weighted by Gasteiger charge is -2.55. The Morgan fingerprint density at radius 1 is 1.30 bits per heavy atom. The fourth-order valence-corrected chi connectivity index (χ4v) is 4.53. The highest BCUT2D eigenvalue weighted by molar-refractivity contribution is 6.14. The topological polar surface area (TPSA) is 12.5 Å². The van der Waals surface area contributed by atoms with Crippen LogP contribution in [0, 0.1) is 11.8 Å². The van der Waals surface area contributed by atoms with Crippen LogP contribution in [-0.4, -0.2) is 45.1 Å². The quantitative estimate of drug-likeness (QED) is 0.561. The van der Waals surface area contributed by atoms with E-state index in [9.17, 15) is 0 Å². The van der Waals surface area contributed by atoms with Gasteiger partial charge in [-0.15, -0.1) is 0 Å². The maximum Gasteiger partial charge on any atom is 0.0742 e. The number of hydrogen-bond acceptors (Lipinski definition) is 2. The normalized spacial score (nSPS) is 37.5. The summed E-state index contributed by atoms with van der Waals surface area (Å²) in [6.07, 6.45) is 7.55. The van der Waals surface area contributed by atoms with Gasteiger partial charge in [0.1, 0.15) is 0 Å². The van der Waals surface area contributed by atoms with Gasteiger partial charge in [0.05, 0.1) is 26.6 Å². The van der Waals surface area contributed by atoms with Gasteiger partial charge in [0.2, 0.25) is 0 Å². The van der Waals surface area contributed by atoms with E-state index >= 15 is 0 Å². The molecule has 0 aromatic heterocycles. The molecule has 3 atom stereocenters. The maximum absolute atomic E-state index is 6.53. The predicted molar refractivity (Wildman–Crippen MR) is 86.3 cm³/mol. The van der Waals surface area contributed by atoms with Crippen LogP contribution in [0.25, 0.3) is 0 Å². The van der Waals surface area contributed by atoms with E-state index in [1.54, 1.807) is 0 Å². The van der Waals surface area contributed by atoms with Crippen molar-refractivity contribution in [3.8, 4) is 0 Å². The molecule has 3 unspecified atom stereocenters. The lowest BCUT2D eigenvalue weighted by Crippen LogP contribution is -2.66. The summed E-state index contributed by atoms with van der Waals surface area (Å²) in [7, 11) is 8.80. The molecule has 2 radical (unpaired) electrons. The molecule has 0 N–H and O–H groups in total. The van der Waals surface area contributed by atoms with E-state index in [-0.39, 0.29) is 10.9 Å². The standard InChI is InChI=1S/C17H32BNO/c1-5-8-14-11-16(3,18)10-7-9-15(14)17(12-20-13-17)19(4)6-2/h14-15H,5-13H2,1-4H3. The Morgan fingerprint density at radius 3 is 2.50 bits per heavy atom. The largest absolute Gasteiger partial charge is 0.377 e. The van der Waals surface area contributed by atoms with Crippen LogP contribution in [0.5, 0.6) is 0 Å². The van der Waals surface area contributed by atoms with Crippen LogP contribution in [0.1, 0.15) is 59.3 Å². The van der Waals surface area contributed by atoms with Gasteiger partial charge in [-0.25, -0.2) is 0 Å². The van der Waals surface area contributed by atoms with E-state index in [0.29, 0.717) is 0 Å². The van der Waals surface area contributed by atoms with Crippen molar-refractivity contribution in [3.05, 3.63) is 0 Å². The summed E-state index contributed by atoms with van der Waals surface area (Å²) >= 11 is 0. The fraction of sp³-hybridized carbons (Fsp3) is 1.00. The van der Waals surface area contributed by atoms with Crippen molar-refractivity contribution in [3.63, 3.8) is 0 Å². The Morgan fingerprint density at radius 2 is 2.00 bits per heavy atom. The van der Waals surface area contributed by atoms with Crippen LogP contribution in [0.3, 0.4) is 0 Å². The third kappa shape index (κ3) is 3.09. The Kier molecular flexibility index (Phi) is 5.23. The molecule has 1 saturated carbocycles. The second-order valence-corrected chi connectivity index (χ2v) is 7.52. The van der Waals surface area contributed by atoms with Crippen LogP contribution in [0.15, 0.2) is 0 Å². The third-order valence-corrected chi connectivity index (χ3v) is 5.85. The summed E-state index contributed by atoms with van der Waals surface area (Å²) < 4.78 is 5.66. The number of ether oxygens (including phenoxy) is 1. The molecule has 20 heavy (non-hydrogen) atoms. The molecule has 2 fully saturated rings. The first-order valence-electron chi connectivity index (χ1n) is 8.53. The van der Waals surface area contributed by atoms with Crippen molar-refractivity contribution in [2.45, 2.75) is 70.1 Å². The SMILES string of the molecule is [B]C1(C)CCCC(C2(N(C)CC)COC2)C(CCC)C1. The molecule has 0 aromatic carbocycles. The van der Waals surface area contributed by atoms with E-state index in [0.717, 1.165) is 31.6 Å². The molecule has 3 heteroatoms. The smallest absolute Gasteiger partial charge is 0.0742 e. The van der Waals surface area contributed by atoms with Crippen molar-refractivity contribution < 1.29 is 4.74 Å². The number of hydrogen-bond donors (Lipinski definition) is 0. The van der Waals surface area contributed by atoms with Crippen LogP contribution in [0.2, 0.25) is 5.31 Å². The number of likely N-dealkylation sites (N-methyl/N-ethyl adjacent to an activating group) is 1. The zero-order chi connectivity index (χ0) is 14.8. The fourth-order valence-electron chi connectivity index (χ4n) is 4.53. The molecule has 1 saturated heterocycles. The Balaban J connectivity index is 2.21. The van der Waals surface area contributed by atoms with Crippen LogP contribution < -0.4 is 0 Å². The van der Waals surface area contributed by atoms with Gasteiger partial charge in [-0.3, -0.25) is 4.90 Å². The number of rotatable bonds is 5. The summed E-state index contributed by atoms with van der Waals surface area (Å²) in [4.78, 5) is 2.54. The Hall–Kier alpha value is -0.0151. The maximum atomic E-state index is 6.53. The highest BCUT2D eigenvalue weighted by Crippen LogP contribution is 2.50. The molecule has 1 aliphatic heterocycles. The molecule has 2 rings (SSSR count). The molecule has 1 heterocycles. The molecule has 0 spiro atoms. The van der Waals surface area contributed by atoms with E-state index in [1.807, 2.05) is 0 Å². The molecule has 2 aliphatic rings. The summed E-state index contributed by atoms with van der Waals surface area (Å²) in [5.74, 6) is 1.52. The summed E-state index contributed by atoms with van der Waals surface area (Å²) in [5, 5.41) is 0.0329. The summed E-state index contributed by atoms with van der Waals surface area (Å²) in [6, 6.07) is 0. The van der Waals surface area contributed by atoms with Crippen LogP contribution >= 0.6 is 0 Å². The van der Waals surface area contributed by atoms with Gasteiger partial charge < -0.3 is 4.74 Å². The van der Waals surface area contributed by atoms with Gasteiger partial charge in [0, 0.05) is 0 Å². The predicted octanol–water partition coefficient (Wildman–Crippen LogP) is 3.66. The van der Waals surface area contributed by atoms with E-state index in [1.165, 1.54) is 38.5 Å². The third-order valence-electron chi connectivity index (χ3n) is 5.85. The molecular formula is C17H32BNO. The van der Waals surface area contributed by atoms with Crippen LogP contribution in [0.4, 0.5) is 0 Å². The molecule has 114 valence electrons. The van der Waals surface area contributed by atoms with Crippen molar-refractivity contribution in [2.24, 2.45) is 11.8 Å². The first-order valence-corrected chi connectivity index (χ1v) is 8.53. The van der Waals surface area contributed by atoms with Crippen molar-refractivity contribution in [1.29, 1.82) is 0 Å². The first kappa shape index (κ1) is 16.4. The molecule has 0 aromatic rings. The van der Waals surface area contributed by atoms with Crippen LogP contribution in [-0.2, 0) is 4.74 Å². The average Bonchev–Trinajstić information content (AvgIpc) is 2.47. The van der Waals surface area contributed by atoms with Crippen molar-refractivity contribution >= 4 is 7.85 Å². The monoisotopic (exact) mass is 277 g/mol. The van der Waals surface area contributed by atoms with Gasteiger partial charge in [0.15, 0.2) is 0 Å². The minimum atomic E-state index is 0.0329. The first-order chi connectivity index (χ1) is 9.45.